The SMILES string of the molecule is NS(=O)(=O)c1ccc(F)c(CNc2c(S(N)(=O)=O)ccc3ccccc23)c1. The van der Waals surface area contributed by atoms with Gasteiger partial charge in [-0.3, -0.25) is 0 Å². The Morgan fingerprint density at radius 3 is 2.26 bits per heavy atom. The summed E-state index contributed by atoms with van der Waals surface area (Å²) in [5.74, 6) is -0.660. The number of sulfonamides is 2. The summed E-state index contributed by atoms with van der Waals surface area (Å²) in [6, 6.07) is 13.1. The standard InChI is InChI=1S/C17H16FN3O4S2/c18-15-7-6-13(26(19,22)23)9-12(15)10-21-17-14-4-2-1-3-11(14)5-8-16(17)27(20,24)25/h1-9,21H,10H2,(H2,19,22,23)(H2,20,24,25). The Morgan fingerprint density at radius 2 is 1.59 bits per heavy atom. The molecule has 0 fully saturated rings. The molecule has 3 aromatic rings. The maximum absolute atomic E-state index is 14.1. The lowest BCUT2D eigenvalue weighted by Crippen LogP contribution is -2.16. The normalized spacial score (nSPS) is 12.3. The third-order valence-electron chi connectivity index (χ3n) is 4.00. The van der Waals surface area contributed by atoms with Gasteiger partial charge in [0.25, 0.3) is 0 Å². The third kappa shape index (κ3) is 4.08. The number of benzene rings is 3. The van der Waals surface area contributed by atoms with Crippen LogP contribution < -0.4 is 15.6 Å². The van der Waals surface area contributed by atoms with Crippen LogP contribution in [0.15, 0.2) is 64.4 Å². The van der Waals surface area contributed by atoms with Crippen molar-refractivity contribution in [2.75, 3.05) is 5.32 Å². The quantitative estimate of drug-likeness (QED) is 0.592. The Labute approximate surface area is 155 Å². The van der Waals surface area contributed by atoms with Crippen molar-refractivity contribution in [2.24, 2.45) is 10.3 Å². The summed E-state index contributed by atoms with van der Waals surface area (Å²) in [5, 5.41) is 14.6. The Morgan fingerprint density at radius 1 is 0.889 bits per heavy atom. The molecule has 3 rings (SSSR count). The van der Waals surface area contributed by atoms with Crippen molar-refractivity contribution in [3.8, 4) is 0 Å². The summed E-state index contributed by atoms with van der Waals surface area (Å²) < 4.78 is 60.9. The highest BCUT2D eigenvalue weighted by atomic mass is 32.2. The topological polar surface area (TPSA) is 132 Å². The van der Waals surface area contributed by atoms with Crippen LogP contribution in [0.4, 0.5) is 10.1 Å². The molecule has 27 heavy (non-hydrogen) atoms. The fourth-order valence-electron chi connectivity index (χ4n) is 2.72. The molecule has 0 spiro atoms. The maximum atomic E-state index is 14.1. The molecule has 0 aliphatic heterocycles. The highest BCUT2D eigenvalue weighted by Crippen LogP contribution is 2.31. The first-order chi connectivity index (χ1) is 12.6. The van der Waals surface area contributed by atoms with Crippen LogP contribution in [0, 0.1) is 5.82 Å². The summed E-state index contributed by atoms with van der Waals surface area (Å²) >= 11 is 0. The minimum absolute atomic E-state index is 0.00910. The van der Waals surface area contributed by atoms with Crippen molar-refractivity contribution in [1.29, 1.82) is 0 Å². The first-order valence-corrected chi connectivity index (χ1v) is 10.8. The largest absolute Gasteiger partial charge is 0.379 e. The van der Waals surface area contributed by atoms with Crippen molar-refractivity contribution >= 4 is 36.5 Å². The lowest BCUT2D eigenvalue weighted by molar-refractivity contribution is 0.594. The van der Waals surface area contributed by atoms with Gasteiger partial charge in [0.1, 0.15) is 10.7 Å². The summed E-state index contributed by atoms with van der Waals surface area (Å²) in [5.41, 5.74) is 0.214. The van der Waals surface area contributed by atoms with Crippen molar-refractivity contribution in [1.82, 2.24) is 0 Å². The van der Waals surface area contributed by atoms with Crippen molar-refractivity contribution < 1.29 is 21.2 Å². The van der Waals surface area contributed by atoms with Gasteiger partial charge in [0, 0.05) is 17.5 Å². The van der Waals surface area contributed by atoms with Gasteiger partial charge < -0.3 is 5.32 Å². The molecule has 0 unspecified atom stereocenters. The third-order valence-corrected chi connectivity index (χ3v) is 5.86. The van der Waals surface area contributed by atoms with Gasteiger partial charge in [0.15, 0.2) is 0 Å². The number of fused-ring (bicyclic) bond motifs is 1. The van der Waals surface area contributed by atoms with Crippen LogP contribution >= 0.6 is 0 Å². The van der Waals surface area contributed by atoms with E-state index in [1.54, 1.807) is 30.3 Å². The van der Waals surface area contributed by atoms with Crippen LogP contribution in [0.3, 0.4) is 0 Å². The van der Waals surface area contributed by atoms with Crippen LogP contribution in [-0.4, -0.2) is 16.8 Å². The highest BCUT2D eigenvalue weighted by Gasteiger charge is 2.18. The average Bonchev–Trinajstić information content (AvgIpc) is 2.58. The van der Waals surface area contributed by atoms with Gasteiger partial charge in [-0.25, -0.2) is 31.5 Å². The zero-order valence-electron chi connectivity index (χ0n) is 13.9. The maximum Gasteiger partial charge on any atom is 0.240 e. The van der Waals surface area contributed by atoms with Crippen molar-refractivity contribution in [3.63, 3.8) is 0 Å². The van der Waals surface area contributed by atoms with E-state index in [9.17, 15) is 21.2 Å². The Balaban J connectivity index is 2.08. The Bertz CT molecular complexity index is 1240. The molecule has 0 saturated heterocycles. The lowest BCUT2D eigenvalue weighted by Gasteiger charge is -2.15. The van der Waals surface area contributed by atoms with E-state index in [4.69, 9.17) is 10.3 Å². The molecular weight excluding hydrogens is 393 g/mol. The first kappa shape index (κ1) is 19.2. The fraction of sp³-hybridized carbons (Fsp3) is 0.0588. The van der Waals surface area contributed by atoms with Crippen LogP contribution in [-0.2, 0) is 26.6 Å². The Hall–Kier alpha value is -2.53. The molecule has 0 heterocycles. The van der Waals surface area contributed by atoms with Crippen molar-refractivity contribution in [3.05, 3.63) is 66.0 Å². The predicted octanol–water partition coefficient (Wildman–Crippen LogP) is 1.89. The van der Waals surface area contributed by atoms with Gasteiger partial charge in [0.2, 0.25) is 20.0 Å². The molecule has 0 bridgehead atoms. The second-order valence-corrected chi connectivity index (χ2v) is 8.95. The number of nitrogens with one attached hydrogen (secondary N) is 1. The van der Waals surface area contributed by atoms with Crippen molar-refractivity contribution in [2.45, 2.75) is 16.3 Å². The van der Waals surface area contributed by atoms with E-state index in [1.165, 1.54) is 6.07 Å². The van der Waals surface area contributed by atoms with Gasteiger partial charge in [-0.05, 0) is 29.7 Å². The van der Waals surface area contributed by atoms with Crippen LogP contribution in [0.5, 0.6) is 0 Å². The van der Waals surface area contributed by atoms with Gasteiger partial charge in [-0.2, -0.15) is 0 Å². The smallest absolute Gasteiger partial charge is 0.240 e. The molecule has 0 amide bonds. The van der Waals surface area contributed by atoms with E-state index in [2.05, 4.69) is 5.32 Å². The molecule has 3 aromatic carbocycles. The molecule has 10 heteroatoms. The second-order valence-electron chi connectivity index (χ2n) is 5.86. The number of nitrogens with two attached hydrogens (primary N) is 2. The molecule has 0 aliphatic rings. The zero-order chi connectivity index (χ0) is 19.8. The van der Waals surface area contributed by atoms with Crippen LogP contribution in [0.1, 0.15) is 5.56 Å². The minimum atomic E-state index is -4.04. The highest BCUT2D eigenvalue weighted by molar-refractivity contribution is 7.89. The zero-order valence-corrected chi connectivity index (χ0v) is 15.5. The van der Waals surface area contributed by atoms with Crippen LogP contribution in [0.2, 0.25) is 0 Å². The summed E-state index contributed by atoms with van der Waals surface area (Å²) in [7, 11) is -8.04. The van der Waals surface area contributed by atoms with E-state index in [0.717, 1.165) is 23.6 Å². The molecular formula is C17H16FN3O4S2. The monoisotopic (exact) mass is 409 g/mol. The van der Waals surface area contributed by atoms with Gasteiger partial charge in [-0.15, -0.1) is 0 Å². The van der Waals surface area contributed by atoms with E-state index >= 15 is 0 Å². The number of hydrogen-bond acceptors (Lipinski definition) is 5. The first-order valence-electron chi connectivity index (χ1n) is 7.67. The lowest BCUT2D eigenvalue weighted by atomic mass is 10.1. The van der Waals surface area contributed by atoms with E-state index in [1.807, 2.05) is 0 Å². The molecule has 142 valence electrons. The summed E-state index contributed by atoms with van der Waals surface area (Å²) in [6.07, 6.45) is 0. The van der Waals surface area contributed by atoms with E-state index in [-0.39, 0.29) is 27.6 Å². The van der Waals surface area contributed by atoms with Crippen LogP contribution in [0.25, 0.3) is 10.8 Å². The second kappa shape index (κ2) is 6.89. The Kier molecular flexibility index (Phi) is 4.91. The predicted molar refractivity (Wildman–Crippen MR) is 100 cm³/mol. The summed E-state index contributed by atoms with van der Waals surface area (Å²) in [4.78, 5) is -0.394. The molecule has 0 aliphatic carbocycles. The molecule has 5 N–H and O–H groups in total. The molecule has 0 saturated carbocycles. The number of rotatable bonds is 5. The summed E-state index contributed by atoms with van der Waals surface area (Å²) in [6.45, 7) is -0.175. The molecule has 7 nitrogen and oxygen atoms in total. The molecule has 0 atom stereocenters. The van der Waals surface area contributed by atoms with E-state index in [0.29, 0.717) is 5.39 Å². The fourth-order valence-corrected chi connectivity index (χ4v) is 4.01. The van der Waals surface area contributed by atoms with Gasteiger partial charge in [-0.1, -0.05) is 30.3 Å². The van der Waals surface area contributed by atoms with E-state index < -0.39 is 25.9 Å². The average molecular weight is 409 g/mol. The molecule has 0 aromatic heterocycles. The number of hydrogen-bond donors (Lipinski definition) is 3. The number of halogens is 1. The minimum Gasteiger partial charge on any atom is -0.379 e. The molecule has 0 radical (unpaired) electrons. The number of primary sulfonamides is 2. The van der Waals surface area contributed by atoms with Gasteiger partial charge >= 0.3 is 0 Å². The number of anilines is 1. The van der Waals surface area contributed by atoms with Gasteiger partial charge in [0.05, 0.1) is 10.6 Å².